The predicted molar refractivity (Wildman–Crippen MR) is 113 cm³/mol. The van der Waals surface area contributed by atoms with Crippen LogP contribution in [0.15, 0.2) is 53.5 Å². The number of halogens is 1. The fourth-order valence-corrected chi connectivity index (χ4v) is 2.30. The minimum absolute atomic E-state index is 0. The molecule has 0 saturated carbocycles. The second-order valence-corrected chi connectivity index (χ2v) is 5.28. The molecule has 0 amide bonds. The van der Waals surface area contributed by atoms with Crippen molar-refractivity contribution in [3.05, 3.63) is 59.7 Å². The summed E-state index contributed by atoms with van der Waals surface area (Å²) in [5, 5.41) is 6.51. The number of nitrogens with zero attached hydrogens (tertiary/aromatic N) is 1. The molecular weight excluding hydrogens is 429 g/mol. The van der Waals surface area contributed by atoms with E-state index in [-0.39, 0.29) is 24.0 Å². The van der Waals surface area contributed by atoms with Gasteiger partial charge in [0.15, 0.2) is 5.96 Å². The Morgan fingerprint density at radius 1 is 1.00 bits per heavy atom. The largest absolute Gasteiger partial charge is 0.496 e. The van der Waals surface area contributed by atoms with Gasteiger partial charge in [-0.05, 0) is 24.6 Å². The van der Waals surface area contributed by atoms with Gasteiger partial charge in [0.1, 0.15) is 18.1 Å². The monoisotopic (exact) mass is 455 g/mol. The average Bonchev–Trinajstić information content (AvgIpc) is 2.62. The maximum absolute atomic E-state index is 5.77. The molecule has 0 saturated heterocycles. The lowest BCUT2D eigenvalue weighted by Crippen LogP contribution is -2.38. The van der Waals surface area contributed by atoms with Crippen molar-refractivity contribution in [3.63, 3.8) is 0 Å². The Bertz CT molecular complexity index is 677. The number of benzene rings is 2. The molecule has 0 radical (unpaired) electrons. The molecule has 0 atom stereocenters. The molecule has 0 spiro atoms. The van der Waals surface area contributed by atoms with E-state index in [0.29, 0.717) is 19.7 Å². The molecule has 0 aliphatic rings. The van der Waals surface area contributed by atoms with Gasteiger partial charge in [0.2, 0.25) is 0 Å². The number of para-hydroxylation sites is 2. The summed E-state index contributed by atoms with van der Waals surface area (Å²) in [6.07, 6.45) is 0. The molecule has 25 heavy (non-hydrogen) atoms. The zero-order valence-electron chi connectivity index (χ0n) is 14.9. The first-order chi connectivity index (χ1) is 11.7. The highest BCUT2D eigenvalue weighted by Crippen LogP contribution is 2.17. The number of rotatable bonds is 7. The molecule has 2 aromatic carbocycles. The molecule has 136 valence electrons. The van der Waals surface area contributed by atoms with E-state index in [2.05, 4.69) is 15.6 Å². The minimum atomic E-state index is 0. The fourth-order valence-electron chi connectivity index (χ4n) is 2.30. The summed E-state index contributed by atoms with van der Waals surface area (Å²) in [6, 6.07) is 15.9. The van der Waals surface area contributed by atoms with E-state index >= 15 is 0 Å². The summed E-state index contributed by atoms with van der Waals surface area (Å²) in [6.45, 7) is 3.92. The van der Waals surface area contributed by atoms with Gasteiger partial charge in [0.25, 0.3) is 0 Å². The highest BCUT2D eigenvalue weighted by molar-refractivity contribution is 14.0. The van der Waals surface area contributed by atoms with Crippen LogP contribution in [0.3, 0.4) is 0 Å². The Hall–Kier alpha value is -1.96. The second kappa shape index (κ2) is 11.6. The van der Waals surface area contributed by atoms with Crippen LogP contribution >= 0.6 is 24.0 Å². The van der Waals surface area contributed by atoms with Gasteiger partial charge in [-0.25, -0.2) is 0 Å². The molecule has 0 aromatic heterocycles. The van der Waals surface area contributed by atoms with E-state index in [9.17, 15) is 0 Å². The first-order valence-electron chi connectivity index (χ1n) is 7.99. The predicted octanol–water partition coefficient (Wildman–Crippen LogP) is 3.37. The van der Waals surface area contributed by atoms with Crippen molar-refractivity contribution < 1.29 is 9.47 Å². The first-order valence-corrected chi connectivity index (χ1v) is 7.99. The molecule has 0 fully saturated rings. The van der Waals surface area contributed by atoms with Gasteiger partial charge in [-0.3, -0.25) is 4.99 Å². The molecule has 0 heterocycles. The zero-order valence-corrected chi connectivity index (χ0v) is 17.2. The lowest BCUT2D eigenvalue weighted by Gasteiger charge is -2.14. The number of hydrogen-bond donors (Lipinski definition) is 2. The number of guanidine groups is 1. The van der Waals surface area contributed by atoms with Crippen LogP contribution in [0.1, 0.15) is 11.1 Å². The Morgan fingerprint density at radius 3 is 2.36 bits per heavy atom. The van der Waals surface area contributed by atoms with Crippen LogP contribution in [0.4, 0.5) is 0 Å². The van der Waals surface area contributed by atoms with Crippen molar-refractivity contribution in [2.45, 2.75) is 13.5 Å². The third-order valence-electron chi connectivity index (χ3n) is 3.61. The molecule has 2 rings (SSSR count). The van der Waals surface area contributed by atoms with E-state index in [0.717, 1.165) is 28.6 Å². The first kappa shape index (κ1) is 21.1. The summed E-state index contributed by atoms with van der Waals surface area (Å²) in [5.41, 5.74) is 2.22. The third kappa shape index (κ3) is 6.81. The van der Waals surface area contributed by atoms with Gasteiger partial charge < -0.3 is 20.1 Å². The van der Waals surface area contributed by atoms with Crippen LogP contribution in [0, 0.1) is 6.92 Å². The number of aliphatic imine (C=N–C) groups is 1. The van der Waals surface area contributed by atoms with Crippen LogP contribution in [-0.4, -0.2) is 33.3 Å². The van der Waals surface area contributed by atoms with E-state index in [1.54, 1.807) is 14.2 Å². The summed E-state index contributed by atoms with van der Waals surface area (Å²) in [4.78, 5) is 4.22. The van der Waals surface area contributed by atoms with E-state index in [4.69, 9.17) is 9.47 Å². The van der Waals surface area contributed by atoms with Crippen molar-refractivity contribution in [2.24, 2.45) is 4.99 Å². The molecular formula is C19H26IN3O2. The van der Waals surface area contributed by atoms with Gasteiger partial charge in [0, 0.05) is 19.2 Å². The average molecular weight is 455 g/mol. The summed E-state index contributed by atoms with van der Waals surface area (Å²) in [7, 11) is 3.43. The Kier molecular flexibility index (Phi) is 9.76. The fraction of sp³-hybridized carbons (Fsp3) is 0.316. The van der Waals surface area contributed by atoms with Gasteiger partial charge in [-0.1, -0.05) is 36.4 Å². The van der Waals surface area contributed by atoms with Gasteiger partial charge >= 0.3 is 0 Å². The summed E-state index contributed by atoms with van der Waals surface area (Å²) < 4.78 is 11.1. The number of methoxy groups -OCH3 is 1. The van der Waals surface area contributed by atoms with Crippen molar-refractivity contribution in [2.75, 3.05) is 27.3 Å². The van der Waals surface area contributed by atoms with Gasteiger partial charge in [-0.2, -0.15) is 0 Å². The highest BCUT2D eigenvalue weighted by Gasteiger charge is 2.03. The van der Waals surface area contributed by atoms with Crippen LogP contribution in [0.5, 0.6) is 11.5 Å². The molecule has 2 aromatic rings. The molecule has 6 heteroatoms. The van der Waals surface area contributed by atoms with E-state index < -0.39 is 0 Å². The molecule has 0 unspecified atom stereocenters. The second-order valence-electron chi connectivity index (χ2n) is 5.28. The zero-order chi connectivity index (χ0) is 17.2. The Morgan fingerprint density at radius 2 is 1.68 bits per heavy atom. The molecule has 0 aliphatic heterocycles. The molecule has 5 nitrogen and oxygen atoms in total. The van der Waals surface area contributed by atoms with Crippen LogP contribution in [0.25, 0.3) is 0 Å². The van der Waals surface area contributed by atoms with Crippen molar-refractivity contribution >= 4 is 29.9 Å². The Balaban J connectivity index is 0.00000312. The maximum atomic E-state index is 5.77. The summed E-state index contributed by atoms with van der Waals surface area (Å²) in [5.74, 6) is 2.51. The van der Waals surface area contributed by atoms with Crippen molar-refractivity contribution in [1.29, 1.82) is 0 Å². The highest BCUT2D eigenvalue weighted by atomic mass is 127. The Labute approximate surface area is 166 Å². The lowest BCUT2D eigenvalue weighted by molar-refractivity contribution is 0.320. The smallest absolute Gasteiger partial charge is 0.191 e. The van der Waals surface area contributed by atoms with Crippen LogP contribution in [0.2, 0.25) is 0 Å². The topological polar surface area (TPSA) is 54.9 Å². The van der Waals surface area contributed by atoms with Gasteiger partial charge in [0.05, 0.1) is 13.7 Å². The quantitative estimate of drug-likeness (QED) is 0.291. The van der Waals surface area contributed by atoms with E-state index in [1.807, 2.05) is 55.5 Å². The molecule has 0 aliphatic carbocycles. The number of nitrogens with one attached hydrogen (secondary N) is 2. The summed E-state index contributed by atoms with van der Waals surface area (Å²) >= 11 is 0. The van der Waals surface area contributed by atoms with Crippen LogP contribution in [-0.2, 0) is 6.54 Å². The van der Waals surface area contributed by atoms with Crippen LogP contribution < -0.4 is 20.1 Å². The normalized spacial score (nSPS) is 10.6. The third-order valence-corrected chi connectivity index (χ3v) is 3.61. The number of hydrogen-bond acceptors (Lipinski definition) is 3. The lowest BCUT2D eigenvalue weighted by atomic mass is 10.2. The van der Waals surface area contributed by atoms with Gasteiger partial charge in [-0.15, -0.1) is 24.0 Å². The van der Waals surface area contributed by atoms with Crippen molar-refractivity contribution in [1.82, 2.24) is 10.6 Å². The maximum Gasteiger partial charge on any atom is 0.191 e. The molecule has 2 N–H and O–H groups in total. The SMILES string of the molecule is CN=C(NCCOc1ccccc1C)NCc1ccccc1OC.I. The minimum Gasteiger partial charge on any atom is -0.496 e. The number of aryl methyl sites for hydroxylation is 1. The number of ether oxygens (including phenoxy) is 2. The molecule has 0 bridgehead atoms. The van der Waals surface area contributed by atoms with E-state index in [1.165, 1.54) is 0 Å². The standard InChI is InChI=1S/C19H25N3O2.HI/c1-15-8-4-6-10-17(15)24-13-12-21-19(20-2)22-14-16-9-5-7-11-18(16)23-3;/h4-11H,12-14H2,1-3H3,(H2,20,21,22);1H. The van der Waals surface area contributed by atoms with Crippen molar-refractivity contribution in [3.8, 4) is 11.5 Å².